The van der Waals surface area contributed by atoms with Gasteiger partial charge in [-0.15, -0.1) is 0 Å². The zero-order chi connectivity index (χ0) is 14.1. The molecule has 5 nitrogen and oxygen atoms in total. The number of nitrogens with zero attached hydrogens (tertiary/aromatic N) is 1. The summed E-state index contributed by atoms with van der Waals surface area (Å²) < 4.78 is 5.15. The number of nitrogens with one attached hydrogen (secondary N) is 1. The third-order valence-corrected chi connectivity index (χ3v) is 2.71. The quantitative estimate of drug-likeness (QED) is 0.779. The van der Waals surface area contributed by atoms with Crippen molar-refractivity contribution in [3.05, 3.63) is 0 Å². The van der Waals surface area contributed by atoms with Gasteiger partial charge in [-0.1, -0.05) is 0 Å². The first-order valence-corrected chi connectivity index (χ1v) is 6.32. The van der Waals surface area contributed by atoms with Gasteiger partial charge in [0.15, 0.2) is 0 Å². The van der Waals surface area contributed by atoms with Gasteiger partial charge in [-0.2, -0.15) is 0 Å². The molecule has 104 valence electrons. The number of likely N-dealkylation sites (tertiary alicyclic amines) is 1. The average Bonchev–Trinajstić information content (AvgIpc) is 2.43. The van der Waals surface area contributed by atoms with E-state index in [1.165, 1.54) is 0 Å². The van der Waals surface area contributed by atoms with E-state index in [1.54, 1.807) is 25.7 Å². The van der Waals surface area contributed by atoms with Crippen molar-refractivity contribution < 1.29 is 14.3 Å². The third-order valence-electron chi connectivity index (χ3n) is 2.71. The van der Waals surface area contributed by atoms with Gasteiger partial charge in [0.1, 0.15) is 11.6 Å². The van der Waals surface area contributed by atoms with Gasteiger partial charge < -0.3 is 15.0 Å². The number of amides is 2. The summed E-state index contributed by atoms with van der Waals surface area (Å²) in [6, 6.07) is -0.459. The number of hydrogen-bond donors (Lipinski definition) is 1. The normalized spacial score (nSPS) is 21.1. The van der Waals surface area contributed by atoms with Crippen molar-refractivity contribution in [3.8, 4) is 0 Å². The Morgan fingerprint density at radius 2 is 1.83 bits per heavy atom. The Bertz CT molecular complexity index is 339. The Morgan fingerprint density at radius 1 is 1.28 bits per heavy atom. The van der Waals surface area contributed by atoms with Crippen molar-refractivity contribution in [2.24, 2.45) is 0 Å². The summed E-state index contributed by atoms with van der Waals surface area (Å²) in [6.45, 7) is 12.0. The van der Waals surface area contributed by atoms with Crippen molar-refractivity contribution in [1.82, 2.24) is 10.2 Å². The summed E-state index contributed by atoms with van der Waals surface area (Å²) in [5.41, 5.74) is -0.753. The summed E-state index contributed by atoms with van der Waals surface area (Å²) >= 11 is 0. The highest BCUT2D eigenvalue weighted by molar-refractivity contribution is 5.88. The molecular formula is C13H24N2O3. The highest BCUT2D eigenvalue weighted by atomic mass is 16.6. The van der Waals surface area contributed by atoms with Gasteiger partial charge in [0.05, 0.1) is 0 Å². The lowest BCUT2D eigenvalue weighted by molar-refractivity contribution is -0.133. The Kier molecular flexibility index (Phi) is 3.93. The van der Waals surface area contributed by atoms with Crippen LogP contribution in [0.2, 0.25) is 0 Å². The Morgan fingerprint density at radius 3 is 2.22 bits per heavy atom. The molecule has 0 radical (unpaired) electrons. The highest BCUT2D eigenvalue weighted by Gasteiger charge is 2.38. The molecule has 0 aromatic carbocycles. The molecule has 1 heterocycles. The second kappa shape index (κ2) is 4.78. The van der Waals surface area contributed by atoms with Crippen molar-refractivity contribution in [1.29, 1.82) is 0 Å². The second-order valence-corrected chi connectivity index (χ2v) is 6.65. The minimum Gasteiger partial charge on any atom is -0.444 e. The van der Waals surface area contributed by atoms with E-state index in [0.717, 1.165) is 0 Å². The highest BCUT2D eigenvalue weighted by Crippen LogP contribution is 2.22. The monoisotopic (exact) mass is 256 g/mol. The number of rotatable bonds is 1. The van der Waals surface area contributed by atoms with E-state index >= 15 is 0 Å². The summed E-state index contributed by atoms with van der Waals surface area (Å²) in [7, 11) is 0. The van der Waals surface area contributed by atoms with Crippen LogP contribution in [0.5, 0.6) is 0 Å². The van der Waals surface area contributed by atoms with Gasteiger partial charge in [0.25, 0.3) is 0 Å². The molecule has 0 bridgehead atoms. The minimum atomic E-state index is -0.546. The fourth-order valence-electron chi connectivity index (χ4n) is 1.93. The standard InChI is InChI=1S/C13H24N2O3/c1-12(2,3)15-8-7-9(10(15)16)14-11(17)18-13(4,5)6/h9H,7-8H2,1-6H3,(H,14,17)/t9-/m0/s1. The zero-order valence-corrected chi connectivity index (χ0v) is 12.2. The first kappa shape index (κ1) is 14.8. The maximum absolute atomic E-state index is 12.1. The summed E-state index contributed by atoms with van der Waals surface area (Å²) in [5, 5.41) is 2.63. The molecule has 1 atom stereocenters. The fraction of sp³-hybridized carbons (Fsp3) is 0.846. The van der Waals surface area contributed by atoms with E-state index < -0.39 is 17.7 Å². The molecule has 2 amide bonds. The molecule has 1 aliphatic rings. The summed E-state index contributed by atoms with van der Waals surface area (Å²) in [6.07, 6.45) is 0.103. The van der Waals surface area contributed by atoms with Gasteiger partial charge in [0.2, 0.25) is 5.91 Å². The van der Waals surface area contributed by atoms with Crippen LogP contribution in [-0.4, -0.2) is 40.6 Å². The topological polar surface area (TPSA) is 58.6 Å². The van der Waals surface area contributed by atoms with Crippen LogP contribution in [0.25, 0.3) is 0 Å². The van der Waals surface area contributed by atoms with Gasteiger partial charge in [0, 0.05) is 12.1 Å². The van der Waals surface area contributed by atoms with Crippen molar-refractivity contribution in [3.63, 3.8) is 0 Å². The smallest absolute Gasteiger partial charge is 0.408 e. The number of alkyl carbamates (subject to hydrolysis) is 1. The predicted octanol–water partition coefficient (Wildman–Crippen LogP) is 1.91. The number of carbonyl (C=O) groups excluding carboxylic acids is 2. The molecule has 1 fully saturated rings. The minimum absolute atomic E-state index is 0.0339. The second-order valence-electron chi connectivity index (χ2n) is 6.65. The Balaban J connectivity index is 2.56. The van der Waals surface area contributed by atoms with Gasteiger partial charge >= 0.3 is 6.09 Å². The lowest BCUT2D eigenvalue weighted by atomic mass is 10.1. The largest absolute Gasteiger partial charge is 0.444 e. The Labute approximate surface area is 109 Å². The molecule has 1 saturated heterocycles. The number of carbonyl (C=O) groups is 2. The molecule has 0 aliphatic carbocycles. The molecule has 1 N–H and O–H groups in total. The van der Waals surface area contributed by atoms with E-state index in [1.807, 2.05) is 20.8 Å². The maximum atomic E-state index is 12.1. The fourth-order valence-corrected chi connectivity index (χ4v) is 1.93. The summed E-state index contributed by atoms with van der Waals surface area (Å²) in [5.74, 6) is -0.0339. The molecule has 0 aromatic heterocycles. The molecule has 1 rings (SSSR count). The third kappa shape index (κ3) is 3.89. The SMILES string of the molecule is CC(C)(C)OC(=O)N[C@H]1CCN(C(C)(C)C)C1=O. The molecular weight excluding hydrogens is 232 g/mol. The van der Waals surface area contributed by atoms with Crippen LogP contribution < -0.4 is 5.32 Å². The predicted molar refractivity (Wildman–Crippen MR) is 69.2 cm³/mol. The van der Waals surface area contributed by atoms with E-state index in [2.05, 4.69) is 5.32 Å². The first-order chi connectivity index (χ1) is 8.00. The van der Waals surface area contributed by atoms with Crippen LogP contribution in [0, 0.1) is 0 Å². The van der Waals surface area contributed by atoms with Crippen LogP contribution >= 0.6 is 0 Å². The van der Waals surface area contributed by atoms with Crippen LogP contribution in [0.15, 0.2) is 0 Å². The van der Waals surface area contributed by atoms with Gasteiger partial charge in [-0.25, -0.2) is 4.79 Å². The van der Waals surface area contributed by atoms with Crippen molar-refractivity contribution in [2.45, 2.75) is 65.1 Å². The maximum Gasteiger partial charge on any atom is 0.408 e. The molecule has 1 aliphatic heterocycles. The number of ether oxygens (including phenoxy) is 1. The zero-order valence-electron chi connectivity index (χ0n) is 12.2. The van der Waals surface area contributed by atoms with E-state index in [4.69, 9.17) is 4.74 Å². The van der Waals surface area contributed by atoms with Crippen LogP contribution in [0.3, 0.4) is 0 Å². The molecule has 18 heavy (non-hydrogen) atoms. The van der Waals surface area contributed by atoms with E-state index in [0.29, 0.717) is 13.0 Å². The van der Waals surface area contributed by atoms with Gasteiger partial charge in [-0.05, 0) is 48.0 Å². The van der Waals surface area contributed by atoms with Crippen molar-refractivity contribution in [2.75, 3.05) is 6.54 Å². The van der Waals surface area contributed by atoms with Crippen LogP contribution in [-0.2, 0) is 9.53 Å². The molecule has 5 heteroatoms. The van der Waals surface area contributed by atoms with E-state index in [9.17, 15) is 9.59 Å². The lowest BCUT2D eigenvalue weighted by Crippen LogP contribution is -2.48. The number of hydrogen-bond acceptors (Lipinski definition) is 3. The first-order valence-electron chi connectivity index (χ1n) is 6.32. The Hall–Kier alpha value is -1.26. The van der Waals surface area contributed by atoms with Crippen molar-refractivity contribution >= 4 is 12.0 Å². The van der Waals surface area contributed by atoms with Gasteiger partial charge in [-0.3, -0.25) is 4.79 Å². The lowest BCUT2D eigenvalue weighted by Gasteiger charge is -2.32. The van der Waals surface area contributed by atoms with Crippen LogP contribution in [0.1, 0.15) is 48.0 Å². The molecule has 0 spiro atoms. The molecule has 0 saturated carbocycles. The van der Waals surface area contributed by atoms with Crippen LogP contribution in [0.4, 0.5) is 4.79 Å². The molecule has 0 unspecified atom stereocenters. The molecule has 0 aromatic rings. The van der Waals surface area contributed by atoms with E-state index in [-0.39, 0.29) is 11.4 Å². The average molecular weight is 256 g/mol. The summed E-state index contributed by atoms with van der Waals surface area (Å²) in [4.78, 5) is 25.5.